The van der Waals surface area contributed by atoms with Crippen molar-refractivity contribution in [3.05, 3.63) is 24.0 Å². The van der Waals surface area contributed by atoms with Crippen LogP contribution in [-0.4, -0.2) is 28.1 Å². The zero-order valence-electron chi connectivity index (χ0n) is 12.2. The first-order valence-corrected chi connectivity index (χ1v) is 7.30. The molecule has 2 aromatic rings. The monoisotopic (exact) mass is 286 g/mol. The second-order valence-electron chi connectivity index (χ2n) is 5.78. The summed E-state index contributed by atoms with van der Waals surface area (Å²) in [7, 11) is 0. The summed E-state index contributed by atoms with van der Waals surface area (Å²) in [5.74, 6) is 3.97. The Kier molecular flexibility index (Phi) is 2.85. The Balaban J connectivity index is 1.77. The number of benzene rings is 1. The minimum atomic E-state index is 0.258. The average molecular weight is 286 g/mol. The van der Waals surface area contributed by atoms with Crippen LogP contribution in [0.3, 0.4) is 0 Å². The summed E-state index contributed by atoms with van der Waals surface area (Å²) >= 11 is 0. The van der Waals surface area contributed by atoms with Gasteiger partial charge in [0.15, 0.2) is 23.1 Å². The normalized spacial score (nSPS) is 19.9. The van der Waals surface area contributed by atoms with E-state index in [0.29, 0.717) is 5.92 Å². The Morgan fingerprint density at radius 3 is 2.95 bits per heavy atom. The van der Waals surface area contributed by atoms with Crippen molar-refractivity contribution >= 4 is 0 Å². The molecule has 0 fully saturated rings. The molecule has 1 unspecified atom stereocenters. The number of hydrogen-bond acceptors (Lipinski definition) is 5. The number of nitrogens with one attached hydrogen (secondary N) is 1. The van der Waals surface area contributed by atoms with Crippen molar-refractivity contribution in [2.24, 2.45) is 5.92 Å². The van der Waals surface area contributed by atoms with Crippen molar-refractivity contribution in [1.82, 2.24) is 20.1 Å². The van der Waals surface area contributed by atoms with Crippen LogP contribution in [0.25, 0.3) is 11.4 Å². The first kappa shape index (κ1) is 12.6. The third kappa shape index (κ3) is 1.98. The van der Waals surface area contributed by atoms with Gasteiger partial charge in [-0.15, -0.1) is 10.2 Å². The Bertz CT molecular complexity index is 680. The summed E-state index contributed by atoms with van der Waals surface area (Å²) in [4.78, 5) is 0. The number of hydrogen-bond donors (Lipinski definition) is 1. The highest BCUT2D eigenvalue weighted by molar-refractivity contribution is 5.62. The van der Waals surface area contributed by atoms with Crippen molar-refractivity contribution in [2.75, 3.05) is 13.3 Å². The smallest absolute Gasteiger partial charge is 0.231 e. The van der Waals surface area contributed by atoms with E-state index in [1.165, 1.54) is 0 Å². The van der Waals surface area contributed by atoms with Gasteiger partial charge in [-0.1, -0.05) is 13.8 Å². The Morgan fingerprint density at radius 1 is 1.24 bits per heavy atom. The first-order chi connectivity index (χ1) is 10.2. The van der Waals surface area contributed by atoms with Gasteiger partial charge in [-0.3, -0.25) is 0 Å². The minimum Gasteiger partial charge on any atom is -0.454 e. The van der Waals surface area contributed by atoms with E-state index in [-0.39, 0.29) is 12.8 Å². The van der Waals surface area contributed by atoms with Crippen LogP contribution in [-0.2, 0) is 6.54 Å². The van der Waals surface area contributed by atoms with Crippen molar-refractivity contribution in [1.29, 1.82) is 0 Å². The fourth-order valence-electron chi connectivity index (χ4n) is 2.97. The molecule has 1 N–H and O–H groups in total. The number of ether oxygens (including phenoxy) is 2. The molecule has 110 valence electrons. The van der Waals surface area contributed by atoms with E-state index in [9.17, 15) is 0 Å². The van der Waals surface area contributed by atoms with E-state index in [2.05, 4.69) is 33.9 Å². The Labute approximate surface area is 123 Å². The van der Waals surface area contributed by atoms with E-state index in [1.54, 1.807) is 0 Å². The highest BCUT2D eigenvalue weighted by Crippen LogP contribution is 2.36. The lowest BCUT2D eigenvalue weighted by atomic mass is 10.0. The molecule has 1 aromatic carbocycles. The molecule has 3 heterocycles. The van der Waals surface area contributed by atoms with Crippen LogP contribution in [0.5, 0.6) is 11.5 Å². The summed E-state index contributed by atoms with van der Waals surface area (Å²) in [5, 5.41) is 12.3. The molecule has 6 nitrogen and oxygen atoms in total. The summed E-state index contributed by atoms with van der Waals surface area (Å²) < 4.78 is 13.0. The predicted octanol–water partition coefficient (Wildman–Crippen LogP) is 1.97. The summed E-state index contributed by atoms with van der Waals surface area (Å²) in [5.41, 5.74) is 1.02. The van der Waals surface area contributed by atoms with Crippen LogP contribution < -0.4 is 14.8 Å². The fourth-order valence-corrected chi connectivity index (χ4v) is 2.97. The quantitative estimate of drug-likeness (QED) is 0.914. The Hall–Kier alpha value is -2.08. The largest absolute Gasteiger partial charge is 0.454 e. The number of fused-ring (bicyclic) bond motifs is 2. The van der Waals surface area contributed by atoms with Crippen molar-refractivity contribution in [3.63, 3.8) is 0 Å². The van der Waals surface area contributed by atoms with Gasteiger partial charge in [0.25, 0.3) is 0 Å². The van der Waals surface area contributed by atoms with Gasteiger partial charge in [0.1, 0.15) is 0 Å². The van der Waals surface area contributed by atoms with Crippen molar-refractivity contribution < 1.29 is 9.47 Å². The van der Waals surface area contributed by atoms with E-state index < -0.39 is 0 Å². The molecule has 6 heteroatoms. The second-order valence-corrected chi connectivity index (χ2v) is 5.78. The Morgan fingerprint density at radius 2 is 2.10 bits per heavy atom. The molecule has 2 aliphatic rings. The molecule has 0 saturated heterocycles. The molecule has 0 spiro atoms. The maximum atomic E-state index is 5.45. The van der Waals surface area contributed by atoms with Gasteiger partial charge in [-0.25, -0.2) is 0 Å². The second kappa shape index (κ2) is 4.73. The lowest BCUT2D eigenvalue weighted by Crippen LogP contribution is -2.36. The van der Waals surface area contributed by atoms with Gasteiger partial charge >= 0.3 is 0 Å². The number of nitrogens with zero attached hydrogens (tertiary/aromatic N) is 3. The van der Waals surface area contributed by atoms with Crippen LogP contribution in [0.15, 0.2) is 18.2 Å². The third-order valence-electron chi connectivity index (χ3n) is 4.05. The van der Waals surface area contributed by atoms with Gasteiger partial charge in [0, 0.05) is 18.7 Å². The van der Waals surface area contributed by atoms with Gasteiger partial charge in [0.05, 0.1) is 6.04 Å². The van der Waals surface area contributed by atoms with Crippen LogP contribution in [0, 0.1) is 5.92 Å². The molecule has 21 heavy (non-hydrogen) atoms. The highest BCUT2D eigenvalue weighted by Gasteiger charge is 2.28. The van der Waals surface area contributed by atoms with E-state index in [1.807, 2.05) is 18.2 Å². The molecule has 1 aromatic heterocycles. The zero-order valence-corrected chi connectivity index (χ0v) is 12.2. The molecule has 1 atom stereocenters. The molecule has 0 saturated carbocycles. The van der Waals surface area contributed by atoms with Gasteiger partial charge in [0.2, 0.25) is 6.79 Å². The maximum Gasteiger partial charge on any atom is 0.231 e. The average Bonchev–Trinajstić information content (AvgIpc) is 3.12. The fraction of sp³-hybridized carbons (Fsp3) is 0.467. The molecule has 0 radical (unpaired) electrons. The summed E-state index contributed by atoms with van der Waals surface area (Å²) in [6, 6.07) is 6.18. The van der Waals surface area contributed by atoms with E-state index in [0.717, 1.165) is 41.8 Å². The SMILES string of the molecule is CC(C)C1NCCn2c(-c3ccc4c(c3)OCO4)nnc21. The highest BCUT2D eigenvalue weighted by atomic mass is 16.7. The molecule has 0 amide bonds. The topological polar surface area (TPSA) is 61.2 Å². The summed E-state index contributed by atoms with van der Waals surface area (Å²) in [6.45, 7) is 6.50. The van der Waals surface area contributed by atoms with E-state index in [4.69, 9.17) is 9.47 Å². The summed E-state index contributed by atoms with van der Waals surface area (Å²) in [6.07, 6.45) is 0. The van der Waals surface area contributed by atoms with Crippen molar-refractivity contribution in [2.45, 2.75) is 26.4 Å². The molecule has 0 aliphatic carbocycles. The van der Waals surface area contributed by atoms with Crippen molar-refractivity contribution in [3.8, 4) is 22.9 Å². The molecule has 2 aliphatic heterocycles. The van der Waals surface area contributed by atoms with Crippen LogP contribution in [0.2, 0.25) is 0 Å². The molecule has 4 rings (SSSR count). The lowest BCUT2D eigenvalue weighted by Gasteiger charge is -2.27. The lowest BCUT2D eigenvalue weighted by molar-refractivity contribution is 0.174. The molecular formula is C15H18N4O2. The number of rotatable bonds is 2. The van der Waals surface area contributed by atoms with Crippen LogP contribution in [0.4, 0.5) is 0 Å². The number of aromatic nitrogens is 3. The zero-order chi connectivity index (χ0) is 14.4. The first-order valence-electron chi connectivity index (χ1n) is 7.30. The minimum absolute atomic E-state index is 0.258. The predicted molar refractivity (Wildman–Crippen MR) is 77.2 cm³/mol. The van der Waals surface area contributed by atoms with Gasteiger partial charge in [-0.2, -0.15) is 0 Å². The van der Waals surface area contributed by atoms with Crippen LogP contribution >= 0.6 is 0 Å². The maximum absolute atomic E-state index is 5.45. The standard InChI is InChI=1S/C15H18N4O2/c1-9(2)13-15-18-17-14(19(15)6-5-16-13)10-3-4-11-12(7-10)21-8-20-11/h3-4,7,9,13,16H,5-6,8H2,1-2H3. The third-order valence-corrected chi connectivity index (χ3v) is 4.05. The van der Waals surface area contributed by atoms with Gasteiger partial charge < -0.3 is 19.4 Å². The van der Waals surface area contributed by atoms with E-state index >= 15 is 0 Å². The van der Waals surface area contributed by atoms with Crippen LogP contribution in [0.1, 0.15) is 25.7 Å². The molecular weight excluding hydrogens is 268 g/mol. The van der Waals surface area contributed by atoms with Gasteiger partial charge in [-0.05, 0) is 24.1 Å². The molecule has 0 bridgehead atoms.